The van der Waals surface area contributed by atoms with Crippen molar-refractivity contribution in [2.75, 3.05) is 24.2 Å². The Labute approximate surface area is 165 Å². The molecule has 0 saturated heterocycles. The topological polar surface area (TPSA) is 75.7 Å². The number of hydrogen-bond acceptors (Lipinski definition) is 4. The van der Waals surface area contributed by atoms with Crippen molar-refractivity contribution in [2.24, 2.45) is 0 Å². The molecule has 28 heavy (non-hydrogen) atoms. The van der Waals surface area contributed by atoms with Gasteiger partial charge >= 0.3 is 0 Å². The molecule has 0 fully saturated rings. The Balaban J connectivity index is 1.96. The number of amides is 1. The van der Waals surface area contributed by atoms with Crippen molar-refractivity contribution in [1.82, 2.24) is 5.32 Å². The average Bonchev–Trinajstić information content (AvgIpc) is 2.64. The number of rotatable bonds is 9. The molecule has 0 aliphatic rings. The third-order valence-corrected chi connectivity index (χ3v) is 5.45. The summed E-state index contributed by atoms with van der Waals surface area (Å²) in [6.07, 6.45) is 1.62. The van der Waals surface area contributed by atoms with Gasteiger partial charge in [0.25, 0.3) is 0 Å². The lowest BCUT2D eigenvalue weighted by molar-refractivity contribution is -0.121. The van der Waals surface area contributed by atoms with E-state index >= 15 is 0 Å². The van der Waals surface area contributed by atoms with Crippen LogP contribution in [0.1, 0.15) is 31.4 Å². The summed E-state index contributed by atoms with van der Waals surface area (Å²) in [7, 11) is -2.06. The van der Waals surface area contributed by atoms with E-state index < -0.39 is 10.0 Å². The number of ether oxygens (including phenoxy) is 1. The molecule has 0 aliphatic carbocycles. The monoisotopic (exact) mass is 408 g/mol. The summed E-state index contributed by atoms with van der Waals surface area (Å²) in [5.74, 6) is -0.0907. The third kappa shape index (κ3) is 5.95. The van der Waals surface area contributed by atoms with E-state index in [1.807, 2.05) is 6.92 Å². The van der Waals surface area contributed by atoms with Gasteiger partial charge in [-0.25, -0.2) is 12.8 Å². The maximum Gasteiger partial charge on any atom is 0.232 e. The minimum atomic E-state index is -3.53. The van der Waals surface area contributed by atoms with Crippen LogP contribution in [0.4, 0.5) is 10.1 Å². The predicted molar refractivity (Wildman–Crippen MR) is 107 cm³/mol. The highest BCUT2D eigenvalue weighted by Gasteiger charge is 2.21. The van der Waals surface area contributed by atoms with Gasteiger partial charge in [0.05, 0.1) is 25.1 Å². The summed E-state index contributed by atoms with van der Waals surface area (Å²) >= 11 is 0. The zero-order valence-electron chi connectivity index (χ0n) is 16.2. The van der Waals surface area contributed by atoms with E-state index in [2.05, 4.69) is 5.32 Å². The average molecular weight is 408 g/mol. The van der Waals surface area contributed by atoms with Crippen LogP contribution in [0, 0.1) is 5.82 Å². The summed E-state index contributed by atoms with van der Waals surface area (Å²) < 4.78 is 43.9. The number of nitrogens with zero attached hydrogens (tertiary/aromatic N) is 1. The number of carbonyl (C=O) groups is 1. The fourth-order valence-electron chi connectivity index (χ4n) is 2.83. The molecule has 1 amide bonds. The molecular weight excluding hydrogens is 383 g/mol. The number of anilines is 1. The molecule has 2 aromatic carbocycles. The van der Waals surface area contributed by atoms with Crippen molar-refractivity contribution in [3.05, 3.63) is 59.9 Å². The van der Waals surface area contributed by atoms with Gasteiger partial charge in [-0.15, -0.1) is 0 Å². The van der Waals surface area contributed by atoms with Crippen LogP contribution in [0.15, 0.2) is 48.5 Å². The fourth-order valence-corrected chi connectivity index (χ4v) is 3.80. The molecular formula is C20H25FN2O4S. The highest BCUT2D eigenvalue weighted by atomic mass is 32.2. The Hall–Kier alpha value is -2.61. The molecule has 0 bridgehead atoms. The Morgan fingerprint density at radius 2 is 1.82 bits per heavy atom. The molecule has 0 aromatic heterocycles. The fraction of sp³-hybridized carbons (Fsp3) is 0.350. The van der Waals surface area contributed by atoms with Crippen LogP contribution in [0.3, 0.4) is 0 Å². The standard InChI is InChI=1S/C20H25FN2O4S/c1-15(16-10-12-17(21)13-11-16)22-20(24)9-6-14-23(28(3,25)26)18-7-4-5-8-19(18)27-2/h4-5,7-8,10-13,15H,6,9,14H2,1-3H3,(H,22,24). The number of halogens is 1. The first kappa shape index (κ1) is 21.7. The molecule has 0 spiro atoms. The molecule has 6 nitrogen and oxygen atoms in total. The van der Waals surface area contributed by atoms with Gasteiger partial charge in [-0.2, -0.15) is 0 Å². The largest absolute Gasteiger partial charge is 0.495 e. The first-order chi connectivity index (χ1) is 13.2. The highest BCUT2D eigenvalue weighted by Crippen LogP contribution is 2.29. The number of carbonyl (C=O) groups excluding carboxylic acids is 1. The van der Waals surface area contributed by atoms with Crippen molar-refractivity contribution < 1.29 is 22.3 Å². The second-order valence-electron chi connectivity index (χ2n) is 6.45. The number of nitrogens with one attached hydrogen (secondary N) is 1. The predicted octanol–water partition coefficient (Wildman–Crippen LogP) is 3.26. The van der Waals surface area contributed by atoms with Gasteiger partial charge in [0, 0.05) is 13.0 Å². The van der Waals surface area contributed by atoms with Gasteiger partial charge in [0.15, 0.2) is 0 Å². The van der Waals surface area contributed by atoms with Crippen LogP contribution in [-0.4, -0.2) is 34.2 Å². The number of hydrogen-bond donors (Lipinski definition) is 1. The lowest BCUT2D eigenvalue weighted by atomic mass is 10.1. The van der Waals surface area contributed by atoms with Gasteiger partial charge in [0.1, 0.15) is 11.6 Å². The molecule has 2 aromatic rings. The van der Waals surface area contributed by atoms with Crippen LogP contribution < -0.4 is 14.4 Å². The summed E-state index contributed by atoms with van der Waals surface area (Å²) in [5.41, 5.74) is 1.23. The number of methoxy groups -OCH3 is 1. The first-order valence-corrected chi connectivity index (χ1v) is 10.7. The molecule has 1 atom stereocenters. The summed E-state index contributed by atoms with van der Waals surface area (Å²) in [6, 6.07) is 12.5. The van der Waals surface area contributed by atoms with Crippen LogP contribution in [0.2, 0.25) is 0 Å². The van der Waals surface area contributed by atoms with Gasteiger partial charge in [-0.3, -0.25) is 9.10 Å². The van der Waals surface area contributed by atoms with Crippen molar-refractivity contribution in [3.63, 3.8) is 0 Å². The highest BCUT2D eigenvalue weighted by molar-refractivity contribution is 7.92. The second kappa shape index (κ2) is 9.54. The van der Waals surface area contributed by atoms with Crippen LogP contribution in [0.5, 0.6) is 5.75 Å². The molecule has 8 heteroatoms. The van der Waals surface area contributed by atoms with E-state index in [9.17, 15) is 17.6 Å². The normalized spacial score (nSPS) is 12.3. The van der Waals surface area contributed by atoms with Gasteiger partial charge < -0.3 is 10.1 Å². The minimum absolute atomic E-state index is 0.150. The molecule has 0 radical (unpaired) electrons. The van der Waals surface area contributed by atoms with Crippen molar-refractivity contribution >= 4 is 21.6 Å². The Morgan fingerprint density at radius 1 is 1.18 bits per heavy atom. The number of benzene rings is 2. The van der Waals surface area contributed by atoms with E-state index in [0.717, 1.165) is 11.8 Å². The Morgan fingerprint density at radius 3 is 2.43 bits per heavy atom. The van der Waals surface area contributed by atoms with Gasteiger partial charge in [-0.05, 0) is 43.2 Å². The van der Waals surface area contributed by atoms with Crippen LogP contribution in [-0.2, 0) is 14.8 Å². The number of sulfonamides is 1. The Kier molecular flexibility index (Phi) is 7.39. The van der Waals surface area contributed by atoms with Gasteiger partial charge in [0.2, 0.25) is 15.9 Å². The zero-order chi connectivity index (χ0) is 20.7. The minimum Gasteiger partial charge on any atom is -0.495 e. The molecule has 1 unspecified atom stereocenters. The van der Waals surface area contributed by atoms with E-state index in [0.29, 0.717) is 17.9 Å². The number of para-hydroxylation sites is 2. The molecule has 152 valence electrons. The molecule has 0 aliphatic heterocycles. The first-order valence-electron chi connectivity index (χ1n) is 8.88. The lowest BCUT2D eigenvalue weighted by Gasteiger charge is -2.24. The maximum absolute atomic E-state index is 13.0. The molecule has 1 N–H and O–H groups in total. The van der Waals surface area contributed by atoms with E-state index in [1.165, 1.54) is 23.5 Å². The van der Waals surface area contributed by atoms with Crippen LogP contribution >= 0.6 is 0 Å². The van der Waals surface area contributed by atoms with Crippen molar-refractivity contribution in [1.29, 1.82) is 0 Å². The zero-order valence-corrected chi connectivity index (χ0v) is 17.0. The van der Waals surface area contributed by atoms with Crippen LogP contribution in [0.25, 0.3) is 0 Å². The quantitative estimate of drug-likeness (QED) is 0.691. The Bertz CT molecular complexity index is 901. The molecule has 2 rings (SSSR count). The smallest absolute Gasteiger partial charge is 0.232 e. The summed E-state index contributed by atoms with van der Waals surface area (Å²) in [6.45, 7) is 1.96. The molecule has 0 heterocycles. The maximum atomic E-state index is 13.0. The van der Waals surface area contributed by atoms with Crippen molar-refractivity contribution in [3.8, 4) is 5.75 Å². The van der Waals surface area contributed by atoms with E-state index in [-0.39, 0.29) is 30.7 Å². The third-order valence-electron chi connectivity index (χ3n) is 4.27. The van der Waals surface area contributed by atoms with E-state index in [1.54, 1.807) is 36.4 Å². The summed E-state index contributed by atoms with van der Waals surface area (Å²) in [4.78, 5) is 12.2. The molecule has 0 saturated carbocycles. The van der Waals surface area contributed by atoms with E-state index in [4.69, 9.17) is 4.74 Å². The van der Waals surface area contributed by atoms with Crippen molar-refractivity contribution in [2.45, 2.75) is 25.8 Å². The lowest BCUT2D eigenvalue weighted by Crippen LogP contribution is -2.32. The SMILES string of the molecule is COc1ccccc1N(CCCC(=O)NC(C)c1ccc(F)cc1)S(C)(=O)=O. The second-order valence-corrected chi connectivity index (χ2v) is 8.36. The van der Waals surface area contributed by atoms with Gasteiger partial charge in [-0.1, -0.05) is 24.3 Å². The summed E-state index contributed by atoms with van der Waals surface area (Å²) in [5, 5.41) is 2.84.